The maximum atomic E-state index is 5.94. The highest BCUT2D eigenvalue weighted by Crippen LogP contribution is 2.28. The number of anilines is 2. The highest BCUT2D eigenvalue weighted by molar-refractivity contribution is 5.77. The van der Waals surface area contributed by atoms with Crippen molar-refractivity contribution >= 4 is 11.4 Å². The van der Waals surface area contributed by atoms with Crippen molar-refractivity contribution in [2.75, 3.05) is 24.7 Å². The number of nitrogens with two attached hydrogens (primary N) is 1. The Kier molecular flexibility index (Phi) is 2.37. The number of nitrogens with zero attached hydrogens (tertiary/aromatic N) is 1. The number of aromatic nitrogens is 1. The first-order chi connectivity index (χ1) is 7.18. The molecule has 0 spiro atoms. The van der Waals surface area contributed by atoms with Gasteiger partial charge in [-0.2, -0.15) is 0 Å². The number of hydrogen-bond donors (Lipinski definition) is 2. The lowest BCUT2D eigenvalue weighted by atomic mass is 10.1. The summed E-state index contributed by atoms with van der Waals surface area (Å²) < 4.78 is 0. The average molecular weight is 201 g/mol. The van der Waals surface area contributed by atoms with Crippen molar-refractivity contribution in [3.8, 4) is 11.3 Å². The lowest BCUT2D eigenvalue weighted by Crippen LogP contribution is -2.08. The fourth-order valence-corrected chi connectivity index (χ4v) is 1.55. The number of rotatable bonds is 2. The van der Waals surface area contributed by atoms with E-state index < -0.39 is 0 Å². The maximum absolute atomic E-state index is 5.94. The molecule has 0 aliphatic carbocycles. The van der Waals surface area contributed by atoms with Gasteiger partial charge in [0.2, 0.25) is 0 Å². The molecule has 2 aromatic rings. The molecule has 2 rings (SSSR count). The summed E-state index contributed by atoms with van der Waals surface area (Å²) in [7, 11) is 4.04. The molecular weight excluding hydrogens is 186 g/mol. The van der Waals surface area contributed by atoms with Crippen LogP contribution in [0.1, 0.15) is 0 Å². The zero-order valence-corrected chi connectivity index (χ0v) is 8.99. The molecule has 78 valence electrons. The van der Waals surface area contributed by atoms with Gasteiger partial charge < -0.3 is 15.6 Å². The molecule has 15 heavy (non-hydrogen) atoms. The van der Waals surface area contributed by atoms with Crippen LogP contribution in [0.15, 0.2) is 36.5 Å². The summed E-state index contributed by atoms with van der Waals surface area (Å²) in [6, 6.07) is 10.0. The van der Waals surface area contributed by atoms with Gasteiger partial charge >= 0.3 is 0 Å². The molecule has 1 aromatic heterocycles. The Balaban J connectivity index is 2.51. The van der Waals surface area contributed by atoms with Gasteiger partial charge in [-0.15, -0.1) is 0 Å². The molecule has 0 fully saturated rings. The maximum Gasteiger partial charge on any atom is 0.0475 e. The Morgan fingerprint density at radius 1 is 1.20 bits per heavy atom. The van der Waals surface area contributed by atoms with Gasteiger partial charge in [0.15, 0.2) is 0 Å². The van der Waals surface area contributed by atoms with Crippen LogP contribution in [-0.4, -0.2) is 19.1 Å². The predicted octanol–water partition coefficient (Wildman–Crippen LogP) is 2.33. The van der Waals surface area contributed by atoms with Gasteiger partial charge in [-0.3, -0.25) is 0 Å². The molecule has 0 aliphatic rings. The Labute approximate surface area is 89.5 Å². The smallest absolute Gasteiger partial charge is 0.0475 e. The van der Waals surface area contributed by atoms with Crippen molar-refractivity contribution in [2.45, 2.75) is 0 Å². The van der Waals surface area contributed by atoms with Crippen molar-refractivity contribution < 1.29 is 0 Å². The van der Waals surface area contributed by atoms with Crippen LogP contribution in [0.2, 0.25) is 0 Å². The second-order valence-electron chi connectivity index (χ2n) is 3.75. The van der Waals surface area contributed by atoms with Crippen molar-refractivity contribution in [3.05, 3.63) is 36.5 Å². The van der Waals surface area contributed by atoms with Crippen LogP contribution in [0.4, 0.5) is 11.4 Å². The van der Waals surface area contributed by atoms with E-state index in [-0.39, 0.29) is 0 Å². The van der Waals surface area contributed by atoms with Gasteiger partial charge in [0.05, 0.1) is 0 Å². The Bertz CT molecular complexity index is 444. The monoisotopic (exact) mass is 201 g/mol. The number of aromatic amines is 1. The van der Waals surface area contributed by atoms with Gasteiger partial charge in [-0.25, -0.2) is 0 Å². The van der Waals surface area contributed by atoms with Crippen molar-refractivity contribution in [1.29, 1.82) is 0 Å². The zero-order chi connectivity index (χ0) is 10.8. The lowest BCUT2D eigenvalue weighted by molar-refractivity contribution is 1.13. The van der Waals surface area contributed by atoms with Crippen molar-refractivity contribution in [1.82, 2.24) is 4.98 Å². The molecule has 1 aromatic carbocycles. The normalized spacial score (nSPS) is 10.3. The number of nitrogens with one attached hydrogen (secondary N) is 1. The molecule has 0 bridgehead atoms. The van der Waals surface area contributed by atoms with Gasteiger partial charge in [0, 0.05) is 42.9 Å². The highest BCUT2D eigenvalue weighted by Gasteiger charge is 2.05. The number of nitrogen functional groups attached to an aromatic ring is 1. The van der Waals surface area contributed by atoms with E-state index >= 15 is 0 Å². The molecule has 0 radical (unpaired) electrons. The summed E-state index contributed by atoms with van der Waals surface area (Å²) in [6.07, 6.45) is 1.90. The third-order valence-corrected chi connectivity index (χ3v) is 2.44. The number of H-pyrrole nitrogens is 1. The molecule has 3 nitrogen and oxygen atoms in total. The van der Waals surface area contributed by atoms with Crippen LogP contribution in [0.5, 0.6) is 0 Å². The summed E-state index contributed by atoms with van der Waals surface area (Å²) in [5.74, 6) is 0. The fourth-order valence-electron chi connectivity index (χ4n) is 1.55. The zero-order valence-electron chi connectivity index (χ0n) is 8.99. The van der Waals surface area contributed by atoms with E-state index in [0.717, 1.165) is 22.6 Å². The van der Waals surface area contributed by atoms with E-state index in [0.29, 0.717) is 0 Å². The molecule has 3 heteroatoms. The van der Waals surface area contributed by atoms with E-state index in [4.69, 9.17) is 5.73 Å². The third-order valence-electron chi connectivity index (χ3n) is 2.44. The van der Waals surface area contributed by atoms with Crippen LogP contribution in [0.3, 0.4) is 0 Å². The summed E-state index contributed by atoms with van der Waals surface area (Å²) in [5, 5.41) is 0. The minimum atomic E-state index is 0.794. The fraction of sp³-hybridized carbons (Fsp3) is 0.167. The van der Waals surface area contributed by atoms with Crippen LogP contribution in [0, 0.1) is 0 Å². The summed E-state index contributed by atoms with van der Waals surface area (Å²) in [4.78, 5) is 5.22. The first-order valence-electron chi connectivity index (χ1n) is 4.89. The van der Waals surface area contributed by atoms with Crippen LogP contribution >= 0.6 is 0 Å². The topological polar surface area (TPSA) is 45.0 Å². The molecule has 3 N–H and O–H groups in total. The second-order valence-corrected chi connectivity index (χ2v) is 3.75. The molecule has 1 heterocycles. The Morgan fingerprint density at radius 2 is 2.00 bits per heavy atom. The molecule has 0 saturated carbocycles. The van der Waals surface area contributed by atoms with Gasteiger partial charge in [0.1, 0.15) is 0 Å². The molecule has 0 aliphatic heterocycles. The summed E-state index contributed by atoms with van der Waals surface area (Å²) in [6.45, 7) is 0. The van der Waals surface area contributed by atoms with Gasteiger partial charge in [-0.1, -0.05) is 0 Å². The highest BCUT2D eigenvalue weighted by atomic mass is 15.1. The summed E-state index contributed by atoms with van der Waals surface area (Å²) >= 11 is 0. The molecular formula is C12H15N3. The summed E-state index contributed by atoms with van der Waals surface area (Å²) in [5.41, 5.74) is 9.98. The lowest BCUT2D eigenvalue weighted by Gasteiger charge is -2.14. The van der Waals surface area contributed by atoms with Crippen LogP contribution < -0.4 is 10.6 Å². The van der Waals surface area contributed by atoms with Crippen molar-refractivity contribution in [2.24, 2.45) is 0 Å². The van der Waals surface area contributed by atoms with E-state index in [2.05, 4.69) is 16.0 Å². The first-order valence-corrected chi connectivity index (χ1v) is 4.89. The van der Waals surface area contributed by atoms with E-state index in [9.17, 15) is 0 Å². The van der Waals surface area contributed by atoms with E-state index in [1.807, 2.05) is 44.6 Å². The number of hydrogen-bond acceptors (Lipinski definition) is 2. The van der Waals surface area contributed by atoms with Crippen LogP contribution in [0.25, 0.3) is 11.3 Å². The SMILES string of the molecule is CN(C)c1ccc(N)c(-c2ccc[nH]2)c1. The van der Waals surface area contributed by atoms with Crippen molar-refractivity contribution in [3.63, 3.8) is 0 Å². The average Bonchev–Trinajstić information content (AvgIpc) is 2.71. The standard InChI is InChI=1S/C12H15N3/c1-15(2)9-5-6-11(13)10(8-9)12-4-3-7-14-12/h3-8,14H,13H2,1-2H3. The van der Waals surface area contributed by atoms with E-state index in [1.54, 1.807) is 0 Å². The molecule has 0 amide bonds. The Hall–Kier alpha value is -1.90. The van der Waals surface area contributed by atoms with Crippen LogP contribution in [-0.2, 0) is 0 Å². The first kappa shape index (κ1) is 9.65. The largest absolute Gasteiger partial charge is 0.398 e. The second kappa shape index (κ2) is 3.69. The van der Waals surface area contributed by atoms with E-state index in [1.165, 1.54) is 0 Å². The number of benzene rings is 1. The quantitative estimate of drug-likeness (QED) is 0.732. The predicted molar refractivity (Wildman–Crippen MR) is 65.0 cm³/mol. The molecule has 0 saturated heterocycles. The minimum absolute atomic E-state index is 0.794. The molecule has 0 atom stereocenters. The third kappa shape index (κ3) is 1.81. The Morgan fingerprint density at radius 3 is 2.60 bits per heavy atom. The minimum Gasteiger partial charge on any atom is -0.398 e. The van der Waals surface area contributed by atoms with Gasteiger partial charge in [-0.05, 0) is 30.3 Å². The van der Waals surface area contributed by atoms with Gasteiger partial charge in [0.25, 0.3) is 0 Å². The molecule has 0 unspecified atom stereocenters.